The first-order valence-corrected chi connectivity index (χ1v) is 9.61. The summed E-state index contributed by atoms with van der Waals surface area (Å²) in [5.41, 5.74) is 0.973. The standard InChI is InChI=1S/C19H16BrF2N5O4/c1-30-19(29)17(11-2-5-13(6-3-11)31-9-16(21)22)24-18(28)14-8-12(20)4-7-15(14)27-10-23-25-26-27/h2-8,10,16-17H,9H2,1H3,(H,24,28). The van der Waals surface area contributed by atoms with Crippen molar-refractivity contribution in [3.8, 4) is 11.4 Å². The van der Waals surface area contributed by atoms with Crippen molar-refractivity contribution in [1.82, 2.24) is 25.5 Å². The number of amides is 1. The van der Waals surface area contributed by atoms with Gasteiger partial charge in [-0.1, -0.05) is 28.1 Å². The number of methoxy groups -OCH3 is 1. The summed E-state index contributed by atoms with van der Waals surface area (Å²) in [6.45, 7) is -0.751. The predicted octanol–water partition coefficient (Wildman–Crippen LogP) is 2.71. The summed E-state index contributed by atoms with van der Waals surface area (Å²) in [4.78, 5) is 25.4. The van der Waals surface area contributed by atoms with Gasteiger partial charge in [-0.3, -0.25) is 4.79 Å². The molecule has 0 aliphatic heterocycles. The summed E-state index contributed by atoms with van der Waals surface area (Å²) >= 11 is 3.31. The van der Waals surface area contributed by atoms with Gasteiger partial charge in [-0.2, -0.15) is 4.68 Å². The molecule has 0 saturated heterocycles. The van der Waals surface area contributed by atoms with E-state index in [0.717, 1.165) is 0 Å². The normalized spacial score (nSPS) is 11.8. The van der Waals surface area contributed by atoms with Crippen molar-refractivity contribution < 1.29 is 27.8 Å². The molecule has 1 N–H and O–H groups in total. The van der Waals surface area contributed by atoms with Gasteiger partial charge in [0.05, 0.1) is 18.4 Å². The fourth-order valence-electron chi connectivity index (χ4n) is 2.68. The molecule has 0 aliphatic carbocycles. The van der Waals surface area contributed by atoms with Crippen LogP contribution in [0.1, 0.15) is 22.0 Å². The highest BCUT2D eigenvalue weighted by molar-refractivity contribution is 9.10. The van der Waals surface area contributed by atoms with Crippen LogP contribution in [0.3, 0.4) is 0 Å². The third kappa shape index (κ3) is 5.60. The summed E-state index contributed by atoms with van der Waals surface area (Å²) in [5.74, 6) is -1.10. The molecule has 1 heterocycles. The van der Waals surface area contributed by atoms with Gasteiger partial charge in [-0.05, 0) is 46.3 Å². The molecule has 1 aromatic heterocycles. The topological polar surface area (TPSA) is 108 Å². The Bertz CT molecular complexity index is 1050. The highest BCUT2D eigenvalue weighted by atomic mass is 79.9. The zero-order valence-electron chi connectivity index (χ0n) is 16.0. The average Bonchev–Trinajstić information content (AvgIpc) is 3.30. The minimum Gasteiger partial charge on any atom is -0.488 e. The first-order valence-electron chi connectivity index (χ1n) is 8.81. The Morgan fingerprint density at radius 2 is 1.94 bits per heavy atom. The maximum atomic E-state index is 13.0. The fourth-order valence-corrected chi connectivity index (χ4v) is 3.04. The number of nitrogens with one attached hydrogen (secondary N) is 1. The molecular formula is C19H16BrF2N5O4. The van der Waals surface area contributed by atoms with Gasteiger partial charge >= 0.3 is 5.97 Å². The van der Waals surface area contributed by atoms with E-state index < -0.39 is 31.0 Å². The molecule has 12 heteroatoms. The van der Waals surface area contributed by atoms with Crippen LogP contribution in [-0.4, -0.2) is 52.2 Å². The molecule has 31 heavy (non-hydrogen) atoms. The van der Waals surface area contributed by atoms with Crippen LogP contribution >= 0.6 is 15.9 Å². The summed E-state index contributed by atoms with van der Waals surface area (Å²) in [6.07, 6.45) is -1.28. The Balaban J connectivity index is 1.86. The number of carbonyl (C=O) groups is 2. The number of alkyl halides is 2. The van der Waals surface area contributed by atoms with E-state index >= 15 is 0 Å². The zero-order valence-corrected chi connectivity index (χ0v) is 17.6. The van der Waals surface area contributed by atoms with E-state index in [4.69, 9.17) is 9.47 Å². The lowest BCUT2D eigenvalue weighted by molar-refractivity contribution is -0.143. The lowest BCUT2D eigenvalue weighted by Crippen LogP contribution is -2.35. The van der Waals surface area contributed by atoms with Crippen LogP contribution in [0.2, 0.25) is 0 Å². The molecule has 162 valence electrons. The van der Waals surface area contributed by atoms with E-state index in [1.165, 1.54) is 42.4 Å². The third-order valence-electron chi connectivity index (χ3n) is 4.10. The molecule has 0 saturated carbocycles. The molecule has 2 aromatic carbocycles. The Kier molecular flexibility index (Phi) is 7.23. The number of hydrogen-bond acceptors (Lipinski definition) is 7. The van der Waals surface area contributed by atoms with E-state index in [0.29, 0.717) is 15.7 Å². The maximum absolute atomic E-state index is 13.0. The molecule has 1 atom stereocenters. The van der Waals surface area contributed by atoms with Crippen LogP contribution < -0.4 is 10.1 Å². The minimum absolute atomic E-state index is 0.201. The molecule has 0 aliphatic rings. The molecular weight excluding hydrogens is 480 g/mol. The molecule has 1 amide bonds. The summed E-state index contributed by atoms with van der Waals surface area (Å²) in [5, 5.41) is 13.5. The number of aromatic nitrogens is 4. The van der Waals surface area contributed by atoms with Crippen LogP contribution in [0.4, 0.5) is 8.78 Å². The van der Waals surface area contributed by atoms with E-state index in [1.807, 2.05) is 0 Å². The summed E-state index contributed by atoms with van der Waals surface area (Å²) in [6, 6.07) is 9.56. The number of carbonyl (C=O) groups excluding carboxylic acids is 2. The van der Waals surface area contributed by atoms with Crippen LogP contribution in [-0.2, 0) is 9.53 Å². The largest absolute Gasteiger partial charge is 0.488 e. The van der Waals surface area contributed by atoms with Gasteiger partial charge in [0.15, 0.2) is 6.04 Å². The van der Waals surface area contributed by atoms with Gasteiger partial charge < -0.3 is 14.8 Å². The van der Waals surface area contributed by atoms with Crippen molar-refractivity contribution in [2.24, 2.45) is 0 Å². The van der Waals surface area contributed by atoms with E-state index in [2.05, 4.69) is 36.8 Å². The van der Waals surface area contributed by atoms with Crippen LogP contribution in [0, 0.1) is 0 Å². The third-order valence-corrected chi connectivity index (χ3v) is 4.59. The molecule has 1 unspecified atom stereocenters. The first kappa shape index (κ1) is 22.3. The number of esters is 1. The van der Waals surface area contributed by atoms with Gasteiger partial charge in [0.1, 0.15) is 18.7 Å². The van der Waals surface area contributed by atoms with Crippen LogP contribution in [0.25, 0.3) is 5.69 Å². The summed E-state index contributed by atoms with van der Waals surface area (Å²) in [7, 11) is 1.19. The molecule has 3 aromatic rings. The second-order valence-electron chi connectivity index (χ2n) is 6.12. The van der Waals surface area contributed by atoms with E-state index in [9.17, 15) is 18.4 Å². The Labute approximate surface area is 183 Å². The van der Waals surface area contributed by atoms with Crippen molar-refractivity contribution in [3.63, 3.8) is 0 Å². The van der Waals surface area contributed by atoms with E-state index in [-0.39, 0.29) is 11.3 Å². The summed E-state index contributed by atoms with van der Waals surface area (Å²) < 4.78 is 36.3. The minimum atomic E-state index is -2.61. The Morgan fingerprint density at radius 3 is 2.55 bits per heavy atom. The first-order chi connectivity index (χ1) is 14.9. The lowest BCUT2D eigenvalue weighted by atomic mass is 10.1. The number of benzene rings is 2. The lowest BCUT2D eigenvalue weighted by Gasteiger charge is -2.18. The smallest absolute Gasteiger partial charge is 0.333 e. The number of tetrazole rings is 1. The second kappa shape index (κ2) is 10.1. The van der Waals surface area contributed by atoms with Crippen molar-refractivity contribution in [2.45, 2.75) is 12.5 Å². The highest BCUT2D eigenvalue weighted by Crippen LogP contribution is 2.23. The SMILES string of the molecule is COC(=O)C(NC(=O)c1cc(Br)ccc1-n1cnnn1)c1ccc(OCC(F)F)cc1. The van der Waals surface area contributed by atoms with Gasteiger partial charge in [0, 0.05) is 4.47 Å². The van der Waals surface area contributed by atoms with Gasteiger partial charge in [0.25, 0.3) is 12.3 Å². The zero-order chi connectivity index (χ0) is 22.4. The predicted molar refractivity (Wildman–Crippen MR) is 107 cm³/mol. The number of ether oxygens (including phenoxy) is 2. The average molecular weight is 496 g/mol. The van der Waals surface area contributed by atoms with Crippen molar-refractivity contribution in [2.75, 3.05) is 13.7 Å². The number of rotatable bonds is 8. The highest BCUT2D eigenvalue weighted by Gasteiger charge is 2.26. The molecule has 0 spiro atoms. The molecule has 0 fully saturated rings. The van der Waals surface area contributed by atoms with Crippen molar-refractivity contribution in [3.05, 3.63) is 64.4 Å². The van der Waals surface area contributed by atoms with E-state index in [1.54, 1.807) is 18.2 Å². The van der Waals surface area contributed by atoms with Gasteiger partial charge in [0.2, 0.25) is 0 Å². The van der Waals surface area contributed by atoms with Crippen molar-refractivity contribution >= 4 is 27.8 Å². The maximum Gasteiger partial charge on any atom is 0.333 e. The second-order valence-corrected chi connectivity index (χ2v) is 7.03. The van der Waals surface area contributed by atoms with Crippen LogP contribution in [0.15, 0.2) is 53.3 Å². The van der Waals surface area contributed by atoms with Crippen molar-refractivity contribution in [1.29, 1.82) is 0 Å². The monoisotopic (exact) mass is 495 g/mol. The Morgan fingerprint density at radius 1 is 1.19 bits per heavy atom. The number of halogens is 3. The van der Waals surface area contributed by atoms with Gasteiger partial charge in [-0.25, -0.2) is 13.6 Å². The quantitative estimate of drug-likeness (QED) is 0.478. The fraction of sp³-hybridized carbons (Fsp3) is 0.211. The van der Waals surface area contributed by atoms with Gasteiger partial charge in [-0.15, -0.1) is 5.10 Å². The molecule has 3 rings (SSSR count). The number of hydrogen-bond donors (Lipinski definition) is 1. The molecule has 9 nitrogen and oxygen atoms in total. The molecule has 0 radical (unpaired) electrons. The number of nitrogens with zero attached hydrogens (tertiary/aromatic N) is 4. The Hall–Kier alpha value is -3.41. The molecule has 0 bridgehead atoms. The van der Waals surface area contributed by atoms with Crippen LogP contribution in [0.5, 0.6) is 5.75 Å².